The van der Waals surface area contributed by atoms with Crippen LogP contribution in [-0.2, 0) is 17.8 Å². The fourth-order valence-electron chi connectivity index (χ4n) is 2.43. The van der Waals surface area contributed by atoms with Gasteiger partial charge >= 0.3 is 0 Å². The third kappa shape index (κ3) is 3.02. The van der Waals surface area contributed by atoms with Gasteiger partial charge in [-0.05, 0) is 32.4 Å². The van der Waals surface area contributed by atoms with Crippen LogP contribution in [0.5, 0.6) is 0 Å². The molecule has 6 heteroatoms. The summed E-state index contributed by atoms with van der Waals surface area (Å²) in [5.41, 5.74) is 2.22. The number of hydrogen-bond acceptors (Lipinski definition) is 3. The molecule has 0 saturated carbocycles. The molecule has 0 aliphatic carbocycles. The SMILES string of the molecule is CNC(=O)C(C)(C)Cn1c(CCCl)nc2c(C)ccnc21. The average molecular weight is 309 g/mol. The Labute approximate surface area is 129 Å². The van der Waals surface area contributed by atoms with Crippen LogP contribution in [0, 0.1) is 12.3 Å². The molecule has 2 heterocycles. The summed E-state index contributed by atoms with van der Waals surface area (Å²) in [5.74, 6) is 1.36. The number of hydrogen-bond donors (Lipinski definition) is 1. The molecule has 0 atom stereocenters. The molecule has 0 saturated heterocycles. The number of amides is 1. The summed E-state index contributed by atoms with van der Waals surface area (Å²) in [4.78, 5) is 21.1. The van der Waals surface area contributed by atoms with Gasteiger partial charge in [-0.25, -0.2) is 9.97 Å². The van der Waals surface area contributed by atoms with Crippen molar-refractivity contribution in [3.63, 3.8) is 0 Å². The molecule has 0 aromatic carbocycles. The smallest absolute Gasteiger partial charge is 0.227 e. The number of alkyl halides is 1. The van der Waals surface area contributed by atoms with Gasteiger partial charge in [-0.2, -0.15) is 0 Å². The van der Waals surface area contributed by atoms with Crippen LogP contribution in [-0.4, -0.2) is 33.4 Å². The Kier molecular flexibility index (Phi) is 4.52. The lowest BCUT2D eigenvalue weighted by molar-refractivity contribution is -0.129. The molecule has 114 valence electrons. The molecule has 1 N–H and O–H groups in total. The molecule has 2 rings (SSSR count). The normalized spacial score (nSPS) is 11.9. The van der Waals surface area contributed by atoms with E-state index in [4.69, 9.17) is 11.6 Å². The van der Waals surface area contributed by atoms with E-state index in [2.05, 4.69) is 15.3 Å². The highest BCUT2D eigenvalue weighted by molar-refractivity contribution is 6.17. The number of rotatable bonds is 5. The molecule has 0 radical (unpaired) electrons. The van der Waals surface area contributed by atoms with Gasteiger partial charge in [0, 0.05) is 32.1 Å². The second-order valence-corrected chi connectivity index (χ2v) is 6.19. The Balaban J connectivity index is 2.53. The first-order chi connectivity index (χ1) is 9.90. The minimum atomic E-state index is -0.547. The van der Waals surface area contributed by atoms with Crippen LogP contribution >= 0.6 is 11.6 Å². The number of nitrogens with zero attached hydrogens (tertiary/aromatic N) is 3. The van der Waals surface area contributed by atoms with E-state index in [9.17, 15) is 4.79 Å². The van der Waals surface area contributed by atoms with Crippen molar-refractivity contribution in [2.45, 2.75) is 33.7 Å². The minimum absolute atomic E-state index is 0.00572. The zero-order valence-corrected chi connectivity index (χ0v) is 13.7. The summed E-state index contributed by atoms with van der Waals surface area (Å²) in [6.45, 7) is 6.36. The lowest BCUT2D eigenvalue weighted by Crippen LogP contribution is -2.38. The molecule has 0 aliphatic heterocycles. The topological polar surface area (TPSA) is 59.8 Å². The standard InChI is InChI=1S/C15H21ClN4O/c1-10-6-8-18-13-12(10)19-11(5-7-16)20(13)9-15(2,3)14(21)17-4/h6,8H,5,7,9H2,1-4H3,(H,17,21). The lowest BCUT2D eigenvalue weighted by Gasteiger charge is -2.24. The summed E-state index contributed by atoms with van der Waals surface area (Å²) in [7, 11) is 1.65. The predicted octanol–water partition coefficient (Wildman–Crippen LogP) is 2.29. The lowest BCUT2D eigenvalue weighted by atomic mass is 9.92. The quantitative estimate of drug-likeness (QED) is 0.862. The van der Waals surface area contributed by atoms with Gasteiger partial charge in [0.1, 0.15) is 11.3 Å². The van der Waals surface area contributed by atoms with E-state index >= 15 is 0 Å². The summed E-state index contributed by atoms with van der Waals surface area (Å²) in [5, 5.41) is 2.71. The van der Waals surface area contributed by atoms with Crippen molar-refractivity contribution in [2.75, 3.05) is 12.9 Å². The van der Waals surface area contributed by atoms with Crippen LogP contribution in [0.15, 0.2) is 12.3 Å². The number of halogens is 1. The van der Waals surface area contributed by atoms with Crippen LogP contribution in [0.4, 0.5) is 0 Å². The molecule has 0 aliphatic rings. The number of aromatic nitrogens is 3. The Hall–Kier alpha value is -1.62. The molecule has 0 bridgehead atoms. The molecule has 1 amide bonds. The third-order valence-electron chi connectivity index (χ3n) is 3.63. The maximum absolute atomic E-state index is 12.0. The van der Waals surface area contributed by atoms with Crippen LogP contribution in [0.1, 0.15) is 25.2 Å². The van der Waals surface area contributed by atoms with Crippen molar-refractivity contribution in [3.8, 4) is 0 Å². The summed E-state index contributed by atoms with van der Waals surface area (Å²) in [6.07, 6.45) is 2.42. The number of pyridine rings is 1. The largest absolute Gasteiger partial charge is 0.359 e. The van der Waals surface area contributed by atoms with Crippen LogP contribution in [0.25, 0.3) is 11.2 Å². The van der Waals surface area contributed by atoms with Gasteiger partial charge in [0.15, 0.2) is 5.65 Å². The molecule has 0 unspecified atom stereocenters. The fraction of sp³-hybridized carbons (Fsp3) is 0.533. The van der Waals surface area contributed by atoms with E-state index in [0.29, 0.717) is 18.8 Å². The van der Waals surface area contributed by atoms with Gasteiger partial charge in [-0.15, -0.1) is 11.6 Å². The monoisotopic (exact) mass is 308 g/mol. The first-order valence-electron chi connectivity index (χ1n) is 6.99. The van der Waals surface area contributed by atoms with Crippen molar-refractivity contribution >= 4 is 28.7 Å². The molecular formula is C15H21ClN4O. The average Bonchev–Trinajstić information content (AvgIpc) is 2.78. The minimum Gasteiger partial charge on any atom is -0.359 e. The molecule has 5 nitrogen and oxygen atoms in total. The highest BCUT2D eigenvalue weighted by Crippen LogP contribution is 2.24. The van der Waals surface area contributed by atoms with Crippen LogP contribution in [0.3, 0.4) is 0 Å². The van der Waals surface area contributed by atoms with E-state index in [1.807, 2.05) is 31.4 Å². The highest BCUT2D eigenvalue weighted by atomic mass is 35.5. The van der Waals surface area contributed by atoms with E-state index in [1.54, 1.807) is 13.2 Å². The highest BCUT2D eigenvalue weighted by Gasteiger charge is 2.29. The predicted molar refractivity (Wildman–Crippen MR) is 84.5 cm³/mol. The van der Waals surface area contributed by atoms with E-state index < -0.39 is 5.41 Å². The summed E-state index contributed by atoms with van der Waals surface area (Å²) in [6, 6.07) is 1.94. The van der Waals surface area contributed by atoms with Crippen molar-refractivity contribution in [1.82, 2.24) is 19.9 Å². The van der Waals surface area contributed by atoms with Gasteiger partial charge in [0.05, 0.1) is 5.41 Å². The molecule has 21 heavy (non-hydrogen) atoms. The number of fused-ring (bicyclic) bond motifs is 1. The summed E-state index contributed by atoms with van der Waals surface area (Å²) < 4.78 is 2.01. The van der Waals surface area contributed by atoms with Crippen LogP contribution < -0.4 is 5.32 Å². The van der Waals surface area contributed by atoms with Crippen molar-refractivity contribution in [2.24, 2.45) is 5.41 Å². The first kappa shape index (κ1) is 15.8. The molecule has 0 spiro atoms. The van der Waals surface area contributed by atoms with Crippen molar-refractivity contribution in [3.05, 3.63) is 23.7 Å². The molecule has 2 aromatic heterocycles. The Morgan fingerprint density at radius 2 is 2.19 bits per heavy atom. The third-order valence-corrected chi connectivity index (χ3v) is 3.82. The summed E-state index contributed by atoms with van der Waals surface area (Å²) >= 11 is 5.88. The van der Waals surface area contributed by atoms with Gasteiger partial charge in [0.2, 0.25) is 5.91 Å². The van der Waals surface area contributed by atoms with Gasteiger partial charge in [-0.1, -0.05) is 0 Å². The second-order valence-electron chi connectivity index (χ2n) is 5.82. The number of carbonyl (C=O) groups excluding carboxylic acids is 1. The number of carbonyl (C=O) groups is 1. The van der Waals surface area contributed by atoms with E-state index in [1.165, 1.54) is 0 Å². The maximum atomic E-state index is 12.0. The zero-order valence-electron chi connectivity index (χ0n) is 12.9. The Morgan fingerprint density at radius 1 is 1.48 bits per heavy atom. The molecular weight excluding hydrogens is 288 g/mol. The van der Waals surface area contributed by atoms with Crippen molar-refractivity contribution in [1.29, 1.82) is 0 Å². The zero-order chi connectivity index (χ0) is 15.6. The Bertz CT molecular complexity index is 663. The second kappa shape index (κ2) is 6.02. The number of aryl methyl sites for hydroxylation is 2. The van der Waals surface area contributed by atoms with Crippen LogP contribution in [0.2, 0.25) is 0 Å². The molecule has 2 aromatic rings. The van der Waals surface area contributed by atoms with E-state index in [-0.39, 0.29) is 5.91 Å². The van der Waals surface area contributed by atoms with Gasteiger partial charge in [0.25, 0.3) is 0 Å². The fourth-order valence-corrected chi connectivity index (χ4v) is 2.60. The van der Waals surface area contributed by atoms with Crippen molar-refractivity contribution < 1.29 is 4.79 Å². The number of nitrogens with one attached hydrogen (secondary N) is 1. The first-order valence-corrected chi connectivity index (χ1v) is 7.53. The number of imidazole rings is 1. The maximum Gasteiger partial charge on any atom is 0.227 e. The molecule has 0 fully saturated rings. The Morgan fingerprint density at radius 3 is 2.81 bits per heavy atom. The van der Waals surface area contributed by atoms with Gasteiger partial charge < -0.3 is 9.88 Å². The van der Waals surface area contributed by atoms with E-state index in [0.717, 1.165) is 22.6 Å². The van der Waals surface area contributed by atoms with Gasteiger partial charge in [-0.3, -0.25) is 4.79 Å².